The maximum absolute atomic E-state index is 12.5. The van der Waals surface area contributed by atoms with Gasteiger partial charge >= 0.3 is 0 Å². The van der Waals surface area contributed by atoms with E-state index >= 15 is 0 Å². The zero-order valence-electron chi connectivity index (χ0n) is 17.5. The molecule has 1 heterocycles. The van der Waals surface area contributed by atoms with E-state index in [9.17, 15) is 18.0 Å². The van der Waals surface area contributed by atoms with Crippen LogP contribution in [0.25, 0.3) is 0 Å². The van der Waals surface area contributed by atoms with Crippen LogP contribution in [0.1, 0.15) is 24.2 Å². The fourth-order valence-corrected chi connectivity index (χ4v) is 4.65. The highest BCUT2D eigenvalue weighted by atomic mass is 32.2. The molecule has 0 saturated heterocycles. The summed E-state index contributed by atoms with van der Waals surface area (Å²) in [5.74, 6) is -0.220. The first-order chi connectivity index (χ1) is 14.2. The molecule has 1 N–H and O–H groups in total. The Balaban J connectivity index is 1.93. The first-order valence-corrected chi connectivity index (χ1v) is 11.8. The molecule has 10 heteroatoms. The molecule has 0 bridgehead atoms. The lowest BCUT2D eigenvalue weighted by molar-refractivity contribution is -0.113. The summed E-state index contributed by atoms with van der Waals surface area (Å²) in [6.45, 7) is 4.34. The molecule has 2 aromatic rings. The molecule has 0 aliphatic carbocycles. The molecule has 2 amide bonds. The number of anilines is 1. The second-order valence-corrected chi connectivity index (χ2v) is 9.47. The van der Waals surface area contributed by atoms with E-state index < -0.39 is 10.0 Å². The first kappa shape index (κ1) is 23.8. The number of benzene rings is 1. The average Bonchev–Trinajstić information content (AvgIpc) is 2.73. The van der Waals surface area contributed by atoms with Gasteiger partial charge in [-0.3, -0.25) is 9.59 Å². The number of thioether (sulfide) groups is 1. The lowest BCUT2D eigenvalue weighted by Gasteiger charge is -2.18. The SMILES string of the molecule is CCN(CC)S(=O)(=O)c1ccc(SCC(=O)Nc2ccc(C(=O)N(C)C)cc2)nc1. The molecule has 1 aromatic carbocycles. The highest BCUT2D eigenvalue weighted by Gasteiger charge is 2.21. The van der Waals surface area contributed by atoms with Gasteiger partial charge in [0.15, 0.2) is 0 Å². The number of carbonyl (C=O) groups excluding carboxylic acids is 2. The van der Waals surface area contributed by atoms with E-state index in [4.69, 9.17) is 0 Å². The van der Waals surface area contributed by atoms with Gasteiger partial charge in [0, 0.05) is 44.6 Å². The van der Waals surface area contributed by atoms with Crippen LogP contribution in [0.5, 0.6) is 0 Å². The van der Waals surface area contributed by atoms with Crippen LogP contribution in [0.4, 0.5) is 5.69 Å². The number of carbonyl (C=O) groups is 2. The number of amides is 2. The number of sulfonamides is 1. The van der Waals surface area contributed by atoms with Crippen LogP contribution in [0, 0.1) is 0 Å². The average molecular weight is 451 g/mol. The van der Waals surface area contributed by atoms with Gasteiger partial charge in [-0.2, -0.15) is 4.31 Å². The molecule has 0 spiro atoms. The molecule has 2 rings (SSSR count). The third-order valence-corrected chi connectivity index (χ3v) is 7.20. The van der Waals surface area contributed by atoms with Crippen molar-refractivity contribution in [3.05, 3.63) is 48.2 Å². The predicted octanol–water partition coefficient (Wildman–Crippen LogP) is 2.54. The monoisotopic (exact) mass is 450 g/mol. The standard InChI is InChI=1S/C20H26N4O4S2/c1-5-24(6-2)30(27,28)17-11-12-19(21-13-17)29-14-18(25)22-16-9-7-15(8-10-16)20(26)23(3)4/h7-13H,5-6,14H2,1-4H3,(H,22,25). The number of rotatable bonds is 9. The Morgan fingerprint density at radius 3 is 2.17 bits per heavy atom. The fourth-order valence-electron chi connectivity index (χ4n) is 2.61. The molecule has 0 radical (unpaired) electrons. The molecule has 0 aliphatic rings. The van der Waals surface area contributed by atoms with Crippen LogP contribution < -0.4 is 5.32 Å². The molecule has 0 fully saturated rings. The van der Waals surface area contributed by atoms with Gasteiger partial charge < -0.3 is 10.2 Å². The van der Waals surface area contributed by atoms with Crippen molar-refractivity contribution in [1.29, 1.82) is 0 Å². The fraction of sp³-hybridized carbons (Fsp3) is 0.350. The molecule has 1 aromatic heterocycles. The maximum atomic E-state index is 12.5. The van der Waals surface area contributed by atoms with Gasteiger partial charge in [-0.15, -0.1) is 0 Å². The van der Waals surface area contributed by atoms with Gasteiger partial charge in [-0.1, -0.05) is 25.6 Å². The van der Waals surface area contributed by atoms with Gasteiger partial charge in [-0.25, -0.2) is 13.4 Å². The van der Waals surface area contributed by atoms with Gasteiger partial charge in [0.2, 0.25) is 15.9 Å². The second-order valence-electron chi connectivity index (χ2n) is 6.54. The first-order valence-electron chi connectivity index (χ1n) is 9.39. The zero-order chi connectivity index (χ0) is 22.3. The van der Waals surface area contributed by atoms with Crippen LogP contribution in [-0.4, -0.2) is 67.4 Å². The number of hydrogen-bond acceptors (Lipinski definition) is 6. The van der Waals surface area contributed by atoms with Gasteiger partial charge in [0.1, 0.15) is 4.90 Å². The van der Waals surface area contributed by atoms with Gasteiger partial charge in [-0.05, 0) is 36.4 Å². The van der Waals surface area contributed by atoms with Crippen molar-refractivity contribution >= 4 is 39.3 Å². The van der Waals surface area contributed by atoms with Crippen molar-refractivity contribution in [1.82, 2.24) is 14.2 Å². The highest BCUT2D eigenvalue weighted by molar-refractivity contribution is 7.99. The molecule has 0 unspecified atom stereocenters. The summed E-state index contributed by atoms with van der Waals surface area (Å²) in [6.07, 6.45) is 1.31. The minimum absolute atomic E-state index is 0.110. The Labute approximate surface area is 181 Å². The summed E-state index contributed by atoms with van der Waals surface area (Å²) >= 11 is 1.21. The molecule has 0 saturated carbocycles. The molecular weight excluding hydrogens is 424 g/mol. The van der Waals surface area contributed by atoms with Crippen molar-refractivity contribution in [3.63, 3.8) is 0 Å². The zero-order valence-corrected chi connectivity index (χ0v) is 19.1. The Bertz CT molecular complexity index is 971. The third kappa shape index (κ3) is 6.04. The summed E-state index contributed by atoms with van der Waals surface area (Å²) in [7, 11) is -0.199. The number of hydrogen-bond donors (Lipinski definition) is 1. The molecule has 30 heavy (non-hydrogen) atoms. The van der Waals surface area contributed by atoms with E-state index in [1.807, 2.05) is 0 Å². The van der Waals surface area contributed by atoms with Gasteiger partial charge in [0.25, 0.3) is 5.91 Å². The topological polar surface area (TPSA) is 99.7 Å². The molecule has 0 atom stereocenters. The number of pyridine rings is 1. The Morgan fingerprint density at radius 1 is 1.03 bits per heavy atom. The number of nitrogens with one attached hydrogen (secondary N) is 1. The van der Waals surface area contributed by atoms with E-state index in [1.54, 1.807) is 58.3 Å². The minimum atomic E-state index is -3.55. The molecule has 8 nitrogen and oxygen atoms in total. The van der Waals surface area contributed by atoms with Gasteiger partial charge in [0.05, 0.1) is 10.8 Å². The van der Waals surface area contributed by atoms with E-state index in [1.165, 1.54) is 33.2 Å². The van der Waals surface area contributed by atoms with Crippen molar-refractivity contribution in [2.24, 2.45) is 0 Å². The van der Waals surface area contributed by atoms with Crippen LogP contribution in [0.15, 0.2) is 52.5 Å². The summed E-state index contributed by atoms with van der Waals surface area (Å²) in [6, 6.07) is 9.75. The van der Waals surface area contributed by atoms with Crippen molar-refractivity contribution in [3.8, 4) is 0 Å². The van der Waals surface area contributed by atoms with Crippen LogP contribution in [0.3, 0.4) is 0 Å². The Hall–Kier alpha value is -2.43. The largest absolute Gasteiger partial charge is 0.345 e. The van der Waals surface area contributed by atoms with E-state index in [0.717, 1.165) is 0 Å². The van der Waals surface area contributed by atoms with E-state index in [0.29, 0.717) is 29.4 Å². The van der Waals surface area contributed by atoms with Crippen molar-refractivity contribution in [2.75, 3.05) is 38.3 Å². The van der Waals surface area contributed by atoms with Crippen LogP contribution >= 0.6 is 11.8 Å². The minimum Gasteiger partial charge on any atom is -0.345 e. The third-order valence-electron chi connectivity index (χ3n) is 4.23. The summed E-state index contributed by atoms with van der Waals surface area (Å²) < 4.78 is 26.3. The summed E-state index contributed by atoms with van der Waals surface area (Å²) in [5, 5.41) is 3.31. The Kier molecular flexibility index (Phi) is 8.39. The Morgan fingerprint density at radius 2 is 1.67 bits per heavy atom. The van der Waals surface area contributed by atoms with Crippen molar-refractivity contribution in [2.45, 2.75) is 23.8 Å². The highest BCUT2D eigenvalue weighted by Crippen LogP contribution is 2.20. The van der Waals surface area contributed by atoms with E-state index in [-0.39, 0.29) is 22.5 Å². The van der Waals surface area contributed by atoms with Crippen molar-refractivity contribution < 1.29 is 18.0 Å². The predicted molar refractivity (Wildman–Crippen MR) is 118 cm³/mol. The normalized spacial score (nSPS) is 11.4. The second kappa shape index (κ2) is 10.6. The molecule has 162 valence electrons. The number of nitrogens with zero attached hydrogens (tertiary/aromatic N) is 3. The molecular formula is C20H26N4O4S2. The lowest BCUT2D eigenvalue weighted by atomic mass is 10.2. The van der Waals surface area contributed by atoms with Crippen LogP contribution in [0.2, 0.25) is 0 Å². The van der Waals surface area contributed by atoms with Crippen LogP contribution in [-0.2, 0) is 14.8 Å². The lowest BCUT2D eigenvalue weighted by Crippen LogP contribution is -2.30. The summed E-state index contributed by atoms with van der Waals surface area (Å²) in [4.78, 5) is 29.8. The quantitative estimate of drug-likeness (QED) is 0.590. The smallest absolute Gasteiger partial charge is 0.253 e. The summed E-state index contributed by atoms with van der Waals surface area (Å²) in [5.41, 5.74) is 1.13. The number of aromatic nitrogens is 1. The van der Waals surface area contributed by atoms with E-state index in [2.05, 4.69) is 10.3 Å². The maximum Gasteiger partial charge on any atom is 0.253 e. The molecule has 0 aliphatic heterocycles.